The Balaban J connectivity index is 1.48. The quantitative estimate of drug-likeness (QED) is 0.706. The number of ether oxygens (including phenoxy) is 1. The van der Waals surface area contributed by atoms with Gasteiger partial charge in [-0.25, -0.2) is 9.67 Å². The highest BCUT2D eigenvalue weighted by Crippen LogP contribution is 2.31. The lowest BCUT2D eigenvalue weighted by Gasteiger charge is -2.26. The lowest BCUT2D eigenvalue weighted by molar-refractivity contribution is -0.122. The summed E-state index contributed by atoms with van der Waals surface area (Å²) in [5, 5.41) is 8.75. The highest BCUT2D eigenvalue weighted by Gasteiger charge is 2.23. The molecule has 1 aliphatic rings. The predicted octanol–water partition coefficient (Wildman–Crippen LogP) is 4.20. The first kappa shape index (κ1) is 19.4. The van der Waals surface area contributed by atoms with Crippen molar-refractivity contribution >= 4 is 16.9 Å². The highest BCUT2D eigenvalue weighted by molar-refractivity contribution is 5.81. The number of amides is 1. The molecule has 3 aromatic rings. The summed E-state index contributed by atoms with van der Waals surface area (Å²) < 4.78 is 7.64. The van der Waals surface area contributed by atoms with Crippen LogP contribution in [-0.2, 0) is 11.2 Å². The topological polar surface area (TPSA) is 69.0 Å². The molecule has 1 N–H and O–H groups in total. The van der Waals surface area contributed by atoms with Gasteiger partial charge in [0.15, 0.2) is 5.65 Å². The van der Waals surface area contributed by atoms with Crippen molar-refractivity contribution in [2.75, 3.05) is 6.61 Å². The molecular weight excluding hydrogens is 364 g/mol. The molecule has 6 heteroatoms. The van der Waals surface area contributed by atoms with Gasteiger partial charge in [-0.3, -0.25) is 4.79 Å². The van der Waals surface area contributed by atoms with Gasteiger partial charge in [-0.15, -0.1) is 0 Å². The molecule has 1 amide bonds. The van der Waals surface area contributed by atoms with Gasteiger partial charge in [0.25, 0.3) is 0 Å². The molecule has 0 saturated heterocycles. The SMILES string of the molecule is Cc1nc2c(cnn2C(C)C)c(C)c1CCC(=O)N[C@@H]1CCOc2ccccc21. The zero-order valence-electron chi connectivity index (χ0n) is 17.5. The van der Waals surface area contributed by atoms with E-state index >= 15 is 0 Å². The van der Waals surface area contributed by atoms with E-state index in [2.05, 4.69) is 31.2 Å². The highest BCUT2D eigenvalue weighted by atomic mass is 16.5. The maximum absolute atomic E-state index is 12.7. The molecule has 29 heavy (non-hydrogen) atoms. The fourth-order valence-electron chi connectivity index (χ4n) is 4.14. The Morgan fingerprint density at radius 2 is 2.10 bits per heavy atom. The van der Waals surface area contributed by atoms with Crippen molar-refractivity contribution in [2.24, 2.45) is 0 Å². The van der Waals surface area contributed by atoms with Crippen molar-refractivity contribution in [1.29, 1.82) is 0 Å². The van der Waals surface area contributed by atoms with Crippen LogP contribution in [0.25, 0.3) is 11.0 Å². The molecular formula is C23H28N4O2. The average Bonchev–Trinajstić information content (AvgIpc) is 3.12. The third-order valence-corrected chi connectivity index (χ3v) is 5.72. The minimum absolute atomic E-state index is 0.0134. The molecule has 0 fully saturated rings. The second kappa shape index (κ2) is 7.85. The summed E-state index contributed by atoms with van der Waals surface area (Å²) in [4.78, 5) is 17.5. The van der Waals surface area contributed by atoms with Crippen molar-refractivity contribution in [3.8, 4) is 5.75 Å². The Hall–Kier alpha value is -2.89. The molecule has 0 saturated carbocycles. The number of aryl methyl sites for hydroxylation is 2. The van der Waals surface area contributed by atoms with Gasteiger partial charge >= 0.3 is 0 Å². The third-order valence-electron chi connectivity index (χ3n) is 5.72. The number of benzene rings is 1. The number of aromatic nitrogens is 3. The summed E-state index contributed by atoms with van der Waals surface area (Å²) in [7, 11) is 0. The van der Waals surface area contributed by atoms with E-state index in [0.29, 0.717) is 19.4 Å². The summed E-state index contributed by atoms with van der Waals surface area (Å²) in [6.45, 7) is 8.95. The number of hydrogen-bond acceptors (Lipinski definition) is 4. The second-order valence-electron chi connectivity index (χ2n) is 8.02. The van der Waals surface area contributed by atoms with E-state index in [0.717, 1.165) is 40.0 Å². The predicted molar refractivity (Wildman–Crippen MR) is 113 cm³/mol. The number of rotatable bonds is 5. The Morgan fingerprint density at radius 3 is 2.90 bits per heavy atom. The number of fused-ring (bicyclic) bond motifs is 2. The maximum atomic E-state index is 12.7. The summed E-state index contributed by atoms with van der Waals surface area (Å²) in [6.07, 6.45) is 3.79. The molecule has 0 spiro atoms. The molecule has 1 aromatic carbocycles. The van der Waals surface area contributed by atoms with E-state index in [4.69, 9.17) is 9.72 Å². The number of nitrogens with one attached hydrogen (secondary N) is 1. The zero-order valence-corrected chi connectivity index (χ0v) is 17.5. The van der Waals surface area contributed by atoms with Crippen molar-refractivity contribution in [3.05, 3.63) is 52.8 Å². The van der Waals surface area contributed by atoms with Crippen LogP contribution in [0.3, 0.4) is 0 Å². The number of carbonyl (C=O) groups excluding carboxylic acids is 1. The molecule has 3 heterocycles. The number of hydrogen-bond donors (Lipinski definition) is 1. The number of nitrogens with zero attached hydrogens (tertiary/aromatic N) is 3. The molecule has 0 radical (unpaired) electrons. The summed E-state index contributed by atoms with van der Waals surface area (Å²) >= 11 is 0. The normalized spacial score (nSPS) is 16.0. The Morgan fingerprint density at radius 1 is 1.31 bits per heavy atom. The van der Waals surface area contributed by atoms with Gasteiger partial charge in [0.1, 0.15) is 5.75 Å². The van der Waals surface area contributed by atoms with Crippen molar-refractivity contribution in [3.63, 3.8) is 0 Å². The first-order valence-corrected chi connectivity index (χ1v) is 10.3. The van der Waals surface area contributed by atoms with Crippen molar-refractivity contribution in [1.82, 2.24) is 20.1 Å². The number of pyridine rings is 1. The van der Waals surface area contributed by atoms with E-state index in [-0.39, 0.29) is 18.0 Å². The minimum atomic E-state index is 0.0134. The first-order valence-electron chi connectivity index (χ1n) is 10.3. The molecule has 1 aliphatic heterocycles. The largest absolute Gasteiger partial charge is 0.493 e. The van der Waals surface area contributed by atoms with Gasteiger partial charge < -0.3 is 10.1 Å². The van der Waals surface area contributed by atoms with Crippen molar-refractivity contribution in [2.45, 2.75) is 59.0 Å². The van der Waals surface area contributed by atoms with Gasteiger partial charge in [-0.2, -0.15) is 5.10 Å². The van der Waals surface area contributed by atoms with Crippen LogP contribution in [0.2, 0.25) is 0 Å². The smallest absolute Gasteiger partial charge is 0.220 e. The zero-order chi connectivity index (χ0) is 20.5. The first-order chi connectivity index (χ1) is 14.0. The monoisotopic (exact) mass is 392 g/mol. The summed E-state index contributed by atoms with van der Waals surface area (Å²) in [5.41, 5.74) is 5.26. The van der Waals surface area contributed by atoms with Gasteiger partial charge in [0.2, 0.25) is 5.91 Å². The molecule has 0 unspecified atom stereocenters. The lowest BCUT2D eigenvalue weighted by Crippen LogP contribution is -2.32. The van der Waals surface area contributed by atoms with Crippen molar-refractivity contribution < 1.29 is 9.53 Å². The average molecular weight is 393 g/mol. The minimum Gasteiger partial charge on any atom is -0.493 e. The molecule has 2 aromatic heterocycles. The molecule has 6 nitrogen and oxygen atoms in total. The van der Waals surface area contributed by atoms with E-state index in [1.54, 1.807) is 0 Å². The molecule has 0 aliphatic carbocycles. The van der Waals surface area contributed by atoms with Crippen LogP contribution in [0.15, 0.2) is 30.5 Å². The molecule has 1 atom stereocenters. The Kier molecular flexibility index (Phi) is 5.26. The van der Waals surface area contributed by atoms with Crippen LogP contribution in [0.1, 0.15) is 61.2 Å². The standard InChI is InChI=1S/C23H28N4O2/c1-14(2)27-23-19(13-24-27)15(3)17(16(4)25-23)9-10-22(28)26-20-11-12-29-21-8-6-5-7-18(20)21/h5-8,13-14,20H,9-12H2,1-4H3,(H,26,28)/t20-/m1/s1. The van der Waals surface area contributed by atoms with E-state index in [1.807, 2.05) is 42.1 Å². The fourth-order valence-corrected chi connectivity index (χ4v) is 4.14. The van der Waals surface area contributed by atoms with E-state index < -0.39 is 0 Å². The fraction of sp³-hybridized carbons (Fsp3) is 0.435. The van der Waals surface area contributed by atoms with Gasteiger partial charge in [-0.05, 0) is 51.3 Å². The molecule has 0 bridgehead atoms. The van der Waals surface area contributed by atoms with Gasteiger partial charge in [-0.1, -0.05) is 18.2 Å². The van der Waals surface area contributed by atoms with Crippen LogP contribution in [0.5, 0.6) is 5.75 Å². The molecule has 152 valence electrons. The summed E-state index contributed by atoms with van der Waals surface area (Å²) in [5.74, 6) is 0.927. The Bertz CT molecular complexity index is 1050. The maximum Gasteiger partial charge on any atom is 0.220 e. The van der Waals surface area contributed by atoms with Gasteiger partial charge in [0.05, 0.1) is 18.8 Å². The number of carbonyl (C=O) groups is 1. The van der Waals surface area contributed by atoms with E-state index in [9.17, 15) is 4.79 Å². The second-order valence-corrected chi connectivity index (χ2v) is 8.02. The summed E-state index contributed by atoms with van der Waals surface area (Å²) in [6, 6.07) is 8.20. The molecule has 4 rings (SSSR count). The Labute approximate surface area is 171 Å². The van der Waals surface area contributed by atoms with Gasteiger partial charge in [0, 0.05) is 35.5 Å². The lowest BCUT2D eigenvalue weighted by atomic mass is 9.98. The number of para-hydroxylation sites is 1. The van der Waals surface area contributed by atoms with Crippen LogP contribution in [-0.4, -0.2) is 27.3 Å². The van der Waals surface area contributed by atoms with E-state index in [1.165, 1.54) is 5.56 Å². The van der Waals surface area contributed by atoms with Crippen LogP contribution >= 0.6 is 0 Å². The third kappa shape index (κ3) is 3.71. The van der Waals surface area contributed by atoms with Crippen LogP contribution in [0.4, 0.5) is 0 Å². The van der Waals surface area contributed by atoms with Crippen LogP contribution < -0.4 is 10.1 Å². The van der Waals surface area contributed by atoms with Crippen LogP contribution in [0, 0.1) is 13.8 Å².